The summed E-state index contributed by atoms with van der Waals surface area (Å²) in [6.07, 6.45) is 0.213. The predicted octanol–water partition coefficient (Wildman–Crippen LogP) is 5.84. The number of amidine groups is 1. The van der Waals surface area contributed by atoms with Gasteiger partial charge in [0.25, 0.3) is 0 Å². The molecule has 1 atom stereocenters. The SMILES string of the molecule is COC(=O)C1=CC(CF)(c2cccc(F)c2F)N=C(N(COCC[Si](C)(C)C)C(=O)OC(C)(C)C)S1. The Bertz CT molecular complexity index is 1040. The molecule has 1 aliphatic heterocycles. The maximum atomic E-state index is 14.8. The lowest BCUT2D eigenvalue weighted by Gasteiger charge is -2.34. The fourth-order valence-corrected chi connectivity index (χ4v) is 4.86. The number of amides is 1. The highest BCUT2D eigenvalue weighted by Gasteiger charge is 2.42. The zero-order chi connectivity index (χ0) is 27.3. The van der Waals surface area contributed by atoms with E-state index in [2.05, 4.69) is 24.6 Å². The van der Waals surface area contributed by atoms with Crippen molar-refractivity contribution >= 4 is 37.1 Å². The molecule has 36 heavy (non-hydrogen) atoms. The van der Waals surface area contributed by atoms with Gasteiger partial charge in [-0.05, 0) is 50.7 Å². The Hall–Kier alpha value is -2.31. The van der Waals surface area contributed by atoms with Crippen molar-refractivity contribution in [1.29, 1.82) is 0 Å². The van der Waals surface area contributed by atoms with Crippen LogP contribution in [0.4, 0.5) is 18.0 Å². The van der Waals surface area contributed by atoms with Gasteiger partial charge in [0.1, 0.15) is 24.5 Å². The highest BCUT2D eigenvalue weighted by molar-refractivity contribution is 8.17. The van der Waals surface area contributed by atoms with Crippen LogP contribution in [0.2, 0.25) is 25.7 Å². The maximum Gasteiger partial charge on any atom is 0.418 e. The van der Waals surface area contributed by atoms with Crippen LogP contribution < -0.4 is 0 Å². The Morgan fingerprint density at radius 1 is 1.19 bits per heavy atom. The second kappa shape index (κ2) is 11.8. The minimum absolute atomic E-state index is 0.153. The van der Waals surface area contributed by atoms with Gasteiger partial charge >= 0.3 is 12.1 Å². The van der Waals surface area contributed by atoms with Crippen molar-refractivity contribution in [2.45, 2.75) is 57.6 Å². The number of aliphatic imine (C=N–C) groups is 1. The Morgan fingerprint density at radius 2 is 1.86 bits per heavy atom. The third kappa shape index (κ3) is 7.84. The quantitative estimate of drug-likeness (QED) is 0.177. The predicted molar refractivity (Wildman–Crippen MR) is 136 cm³/mol. The molecule has 0 radical (unpaired) electrons. The molecule has 200 valence electrons. The van der Waals surface area contributed by atoms with Crippen molar-refractivity contribution in [2.24, 2.45) is 4.99 Å². The molecule has 0 aromatic heterocycles. The van der Waals surface area contributed by atoms with Gasteiger partial charge in [0.2, 0.25) is 0 Å². The summed E-state index contributed by atoms with van der Waals surface area (Å²) in [6.45, 7) is 10.2. The number of nitrogens with zero attached hydrogens (tertiary/aromatic N) is 2. The molecule has 1 amide bonds. The number of halogens is 3. The highest BCUT2D eigenvalue weighted by atomic mass is 32.2. The molecular formula is C24H33F3N2O5SSi. The van der Waals surface area contributed by atoms with Gasteiger partial charge in [-0.3, -0.25) is 0 Å². The highest BCUT2D eigenvalue weighted by Crippen LogP contribution is 2.41. The summed E-state index contributed by atoms with van der Waals surface area (Å²) in [5.41, 5.74) is -3.46. The summed E-state index contributed by atoms with van der Waals surface area (Å²) >= 11 is 0.720. The lowest BCUT2D eigenvalue weighted by molar-refractivity contribution is -0.135. The minimum Gasteiger partial charge on any atom is -0.465 e. The van der Waals surface area contributed by atoms with Crippen LogP contribution in [0.25, 0.3) is 0 Å². The first kappa shape index (κ1) is 29.9. The van der Waals surface area contributed by atoms with Gasteiger partial charge in [-0.25, -0.2) is 32.7 Å². The van der Waals surface area contributed by atoms with E-state index in [9.17, 15) is 22.8 Å². The van der Waals surface area contributed by atoms with Crippen LogP contribution in [-0.2, 0) is 24.5 Å². The smallest absolute Gasteiger partial charge is 0.418 e. The second-order valence-electron chi connectivity index (χ2n) is 10.4. The number of hydrogen-bond acceptors (Lipinski definition) is 7. The Labute approximate surface area is 215 Å². The van der Waals surface area contributed by atoms with E-state index >= 15 is 0 Å². The van der Waals surface area contributed by atoms with E-state index < -0.39 is 55.1 Å². The molecule has 0 bridgehead atoms. The first-order valence-corrected chi connectivity index (χ1v) is 15.8. The lowest BCUT2D eigenvalue weighted by atomic mass is 9.90. The van der Waals surface area contributed by atoms with Crippen LogP contribution in [-0.4, -0.2) is 62.9 Å². The Balaban J connectivity index is 2.59. The van der Waals surface area contributed by atoms with Crippen LogP contribution in [0.3, 0.4) is 0 Å². The van der Waals surface area contributed by atoms with E-state index in [-0.39, 0.29) is 16.8 Å². The van der Waals surface area contributed by atoms with Crippen LogP contribution in [0.1, 0.15) is 26.3 Å². The molecule has 0 fully saturated rings. The minimum atomic E-state index is -2.13. The Kier molecular flexibility index (Phi) is 9.82. The fourth-order valence-electron chi connectivity index (χ4n) is 3.04. The molecular weight excluding hydrogens is 513 g/mol. The largest absolute Gasteiger partial charge is 0.465 e. The fraction of sp³-hybridized carbons (Fsp3) is 0.542. The number of carbonyl (C=O) groups is 2. The van der Waals surface area contributed by atoms with Gasteiger partial charge in [-0.15, -0.1) is 0 Å². The van der Waals surface area contributed by atoms with Crippen LogP contribution >= 0.6 is 11.8 Å². The number of esters is 1. The number of carbonyl (C=O) groups excluding carboxylic acids is 2. The number of thioether (sulfide) groups is 1. The van der Waals surface area contributed by atoms with Crippen LogP contribution in [0, 0.1) is 11.6 Å². The van der Waals surface area contributed by atoms with Gasteiger partial charge in [-0.2, -0.15) is 0 Å². The van der Waals surface area contributed by atoms with Crippen LogP contribution in [0.15, 0.2) is 34.2 Å². The zero-order valence-corrected chi connectivity index (χ0v) is 23.4. The average molecular weight is 547 g/mol. The standard InChI is InChI=1S/C24H33F3N2O5SSi/c1-23(2,3)34-22(31)29(15-33-11-12-36(5,6)7)21-28-24(14-25,13-18(35-21)20(30)32-4)16-9-8-10-17(26)19(16)27/h8-10,13H,11-12,14-15H2,1-7H3. The summed E-state index contributed by atoms with van der Waals surface area (Å²) in [6, 6.07) is 4.07. The third-order valence-electron chi connectivity index (χ3n) is 4.94. The first-order chi connectivity index (χ1) is 16.6. The van der Waals surface area contributed by atoms with Gasteiger partial charge < -0.3 is 14.2 Å². The number of benzene rings is 1. The summed E-state index contributed by atoms with van der Waals surface area (Å²) in [7, 11) is -0.317. The molecule has 1 aromatic rings. The van der Waals surface area contributed by atoms with Gasteiger partial charge in [0.15, 0.2) is 16.8 Å². The van der Waals surface area contributed by atoms with Crippen molar-refractivity contribution in [3.05, 3.63) is 46.4 Å². The first-order valence-electron chi connectivity index (χ1n) is 11.3. The van der Waals surface area contributed by atoms with Crippen molar-refractivity contribution < 1.29 is 37.0 Å². The monoisotopic (exact) mass is 546 g/mol. The Morgan fingerprint density at radius 3 is 2.42 bits per heavy atom. The van der Waals surface area contributed by atoms with E-state index in [0.29, 0.717) is 6.61 Å². The third-order valence-corrected chi connectivity index (χ3v) is 7.64. The molecule has 0 spiro atoms. The summed E-state index contributed by atoms with van der Waals surface area (Å²) in [5, 5.41) is -0.179. The lowest BCUT2D eigenvalue weighted by Crippen LogP contribution is -2.44. The van der Waals surface area contributed by atoms with Gasteiger partial charge in [0, 0.05) is 20.2 Å². The zero-order valence-electron chi connectivity index (χ0n) is 21.6. The molecule has 0 N–H and O–H groups in total. The molecule has 7 nitrogen and oxygen atoms in total. The maximum absolute atomic E-state index is 14.8. The summed E-state index contributed by atoms with van der Waals surface area (Å²) < 4.78 is 59.5. The van der Waals surface area contributed by atoms with Crippen LogP contribution in [0.5, 0.6) is 0 Å². The molecule has 0 saturated carbocycles. The summed E-state index contributed by atoms with van der Waals surface area (Å²) in [5.74, 6) is -3.38. The topological polar surface area (TPSA) is 77.4 Å². The molecule has 1 heterocycles. The summed E-state index contributed by atoms with van der Waals surface area (Å²) in [4.78, 5) is 30.8. The second-order valence-corrected chi connectivity index (χ2v) is 17.0. The van der Waals surface area contributed by atoms with Crippen molar-refractivity contribution in [1.82, 2.24) is 4.90 Å². The average Bonchev–Trinajstić information content (AvgIpc) is 2.77. The number of alkyl halides is 1. The molecule has 0 saturated heterocycles. The van der Waals surface area contributed by atoms with Crippen molar-refractivity contribution in [3.8, 4) is 0 Å². The van der Waals surface area contributed by atoms with E-state index in [0.717, 1.165) is 42.0 Å². The normalized spacial score (nSPS) is 18.3. The number of rotatable bonds is 8. The number of ether oxygens (including phenoxy) is 3. The molecule has 1 unspecified atom stereocenters. The van der Waals surface area contributed by atoms with Crippen molar-refractivity contribution in [3.63, 3.8) is 0 Å². The van der Waals surface area contributed by atoms with E-state index in [1.165, 1.54) is 12.1 Å². The van der Waals surface area contributed by atoms with Gasteiger partial charge in [0.05, 0.1) is 12.0 Å². The molecule has 12 heteroatoms. The molecule has 0 aliphatic carbocycles. The van der Waals surface area contributed by atoms with E-state index in [1.54, 1.807) is 20.8 Å². The van der Waals surface area contributed by atoms with E-state index in [1.807, 2.05) is 0 Å². The molecule has 1 aromatic carbocycles. The van der Waals surface area contributed by atoms with Gasteiger partial charge in [-0.1, -0.05) is 31.8 Å². The number of methoxy groups -OCH3 is 1. The molecule has 2 rings (SSSR count). The molecule has 1 aliphatic rings. The number of hydrogen-bond donors (Lipinski definition) is 0. The van der Waals surface area contributed by atoms with E-state index in [4.69, 9.17) is 14.2 Å². The van der Waals surface area contributed by atoms with Crippen molar-refractivity contribution in [2.75, 3.05) is 27.1 Å².